The third-order valence-corrected chi connectivity index (χ3v) is 6.15. The monoisotopic (exact) mass is 416 g/mol. The van der Waals surface area contributed by atoms with Crippen LogP contribution in [0.5, 0.6) is 0 Å². The van der Waals surface area contributed by atoms with Crippen LogP contribution in [0.4, 0.5) is 11.4 Å². The van der Waals surface area contributed by atoms with Crippen molar-refractivity contribution in [3.63, 3.8) is 0 Å². The number of carbonyl (C=O) groups excluding carboxylic acids is 1. The Bertz CT molecular complexity index is 1130. The van der Waals surface area contributed by atoms with Gasteiger partial charge in [0.1, 0.15) is 0 Å². The molecule has 0 unspecified atom stereocenters. The molecule has 0 bridgehead atoms. The second-order valence-electron chi connectivity index (χ2n) is 6.44. The van der Waals surface area contributed by atoms with E-state index in [4.69, 9.17) is 16.0 Å². The highest BCUT2D eigenvalue weighted by Crippen LogP contribution is 2.31. The van der Waals surface area contributed by atoms with E-state index in [0.717, 1.165) is 24.1 Å². The number of carbonyl (C=O) groups is 1. The number of nitrogens with zero attached hydrogens (tertiary/aromatic N) is 1. The van der Waals surface area contributed by atoms with Gasteiger partial charge in [0.2, 0.25) is 0 Å². The molecule has 0 saturated carbocycles. The van der Waals surface area contributed by atoms with Crippen molar-refractivity contribution in [2.45, 2.75) is 17.7 Å². The lowest BCUT2D eigenvalue weighted by Crippen LogP contribution is -2.35. The number of anilines is 2. The molecule has 6 nitrogen and oxygen atoms in total. The second kappa shape index (κ2) is 7.33. The SMILES string of the molecule is O=C(c1ccco1)N1CCCc2cc(NS(=O)(=O)c3cccc(Cl)c3)ccc21. The summed E-state index contributed by atoms with van der Waals surface area (Å²) in [5, 5.41) is 0.348. The van der Waals surface area contributed by atoms with Crippen molar-refractivity contribution >= 4 is 38.9 Å². The van der Waals surface area contributed by atoms with Crippen LogP contribution < -0.4 is 9.62 Å². The van der Waals surface area contributed by atoms with Crippen molar-refractivity contribution in [1.82, 2.24) is 0 Å². The summed E-state index contributed by atoms with van der Waals surface area (Å²) in [6.45, 7) is 0.583. The zero-order valence-electron chi connectivity index (χ0n) is 14.8. The minimum absolute atomic E-state index is 0.0901. The van der Waals surface area contributed by atoms with Crippen LogP contribution in [0.1, 0.15) is 22.5 Å². The molecule has 144 valence electrons. The van der Waals surface area contributed by atoms with Gasteiger partial charge in [-0.25, -0.2) is 8.42 Å². The zero-order chi connectivity index (χ0) is 19.7. The van der Waals surface area contributed by atoms with E-state index in [2.05, 4.69) is 4.72 Å². The summed E-state index contributed by atoms with van der Waals surface area (Å²) in [6, 6.07) is 14.5. The molecule has 2 aromatic carbocycles. The maximum absolute atomic E-state index is 12.7. The molecule has 0 saturated heterocycles. The lowest BCUT2D eigenvalue weighted by atomic mass is 10.0. The molecular formula is C20H17ClN2O4S. The second-order valence-corrected chi connectivity index (χ2v) is 8.56. The Labute approximate surface area is 167 Å². The number of hydrogen-bond acceptors (Lipinski definition) is 4. The Hall–Kier alpha value is -2.77. The van der Waals surface area contributed by atoms with E-state index in [1.165, 1.54) is 18.4 Å². The molecule has 1 aromatic heterocycles. The topological polar surface area (TPSA) is 79.6 Å². The standard InChI is InChI=1S/C20H17ClN2O4S/c21-15-5-1-6-17(13-15)28(25,26)22-16-8-9-18-14(12-16)4-2-10-23(18)20(24)19-7-3-11-27-19/h1,3,5-9,11-13,22H,2,4,10H2. The molecule has 1 N–H and O–H groups in total. The van der Waals surface area contributed by atoms with Gasteiger partial charge in [-0.15, -0.1) is 0 Å². The fraction of sp³-hybridized carbons (Fsp3) is 0.150. The van der Waals surface area contributed by atoms with Crippen LogP contribution in [-0.2, 0) is 16.4 Å². The molecule has 28 heavy (non-hydrogen) atoms. The molecule has 3 aromatic rings. The number of halogens is 1. The maximum Gasteiger partial charge on any atom is 0.293 e. The molecule has 1 aliphatic heterocycles. The number of sulfonamides is 1. The predicted octanol–water partition coefficient (Wildman–Crippen LogP) is 4.33. The van der Waals surface area contributed by atoms with Gasteiger partial charge in [0.25, 0.3) is 15.9 Å². The van der Waals surface area contributed by atoms with Crippen LogP contribution in [0.15, 0.2) is 70.2 Å². The number of rotatable bonds is 4. The van der Waals surface area contributed by atoms with Crippen molar-refractivity contribution in [3.8, 4) is 0 Å². The van der Waals surface area contributed by atoms with E-state index < -0.39 is 10.0 Å². The Kier molecular flexibility index (Phi) is 4.87. The molecule has 2 heterocycles. The lowest BCUT2D eigenvalue weighted by Gasteiger charge is -2.29. The Balaban J connectivity index is 1.61. The first-order valence-corrected chi connectivity index (χ1v) is 10.6. The van der Waals surface area contributed by atoms with Crippen molar-refractivity contribution in [2.75, 3.05) is 16.2 Å². The Morgan fingerprint density at radius 2 is 1.96 bits per heavy atom. The van der Waals surface area contributed by atoms with E-state index in [-0.39, 0.29) is 16.6 Å². The summed E-state index contributed by atoms with van der Waals surface area (Å²) < 4.78 is 33.0. The molecule has 4 rings (SSSR count). The smallest absolute Gasteiger partial charge is 0.293 e. The molecule has 0 aliphatic carbocycles. The van der Waals surface area contributed by atoms with Crippen LogP contribution in [0.3, 0.4) is 0 Å². The molecule has 8 heteroatoms. The van der Waals surface area contributed by atoms with Crippen molar-refractivity contribution in [1.29, 1.82) is 0 Å². The predicted molar refractivity (Wildman–Crippen MR) is 107 cm³/mol. The highest BCUT2D eigenvalue weighted by Gasteiger charge is 2.26. The first kappa shape index (κ1) is 18.6. The maximum atomic E-state index is 12.7. The van der Waals surface area contributed by atoms with Gasteiger partial charge in [0.15, 0.2) is 5.76 Å². The van der Waals surface area contributed by atoms with Gasteiger partial charge in [-0.2, -0.15) is 0 Å². The summed E-state index contributed by atoms with van der Waals surface area (Å²) in [5.74, 6) is 0.0665. The van der Waals surface area contributed by atoms with Crippen molar-refractivity contribution < 1.29 is 17.6 Å². The van der Waals surface area contributed by atoms with Crippen molar-refractivity contribution in [2.24, 2.45) is 0 Å². The van der Waals surface area contributed by atoms with Crippen LogP contribution in [-0.4, -0.2) is 20.9 Å². The number of benzene rings is 2. The summed E-state index contributed by atoms with van der Waals surface area (Å²) in [6.07, 6.45) is 3.00. The first-order valence-electron chi connectivity index (χ1n) is 8.71. The summed E-state index contributed by atoms with van der Waals surface area (Å²) in [7, 11) is -3.76. The summed E-state index contributed by atoms with van der Waals surface area (Å²) in [5.41, 5.74) is 2.10. The molecule has 0 spiro atoms. The van der Waals surface area contributed by atoms with Crippen molar-refractivity contribution in [3.05, 3.63) is 77.2 Å². The van der Waals surface area contributed by atoms with Crippen LogP contribution in [0.2, 0.25) is 5.02 Å². The number of hydrogen-bond donors (Lipinski definition) is 1. The third kappa shape index (κ3) is 3.63. The molecule has 1 aliphatic rings. The van der Waals surface area contributed by atoms with Gasteiger partial charge in [-0.1, -0.05) is 17.7 Å². The minimum atomic E-state index is -3.76. The Morgan fingerprint density at radius 3 is 2.71 bits per heavy atom. The highest BCUT2D eigenvalue weighted by atomic mass is 35.5. The average molecular weight is 417 g/mol. The summed E-state index contributed by atoms with van der Waals surface area (Å²) in [4.78, 5) is 14.4. The van der Waals surface area contributed by atoms with E-state index in [9.17, 15) is 13.2 Å². The van der Waals surface area contributed by atoms with Gasteiger partial charge in [0, 0.05) is 22.9 Å². The lowest BCUT2D eigenvalue weighted by molar-refractivity contribution is 0.0958. The third-order valence-electron chi connectivity index (χ3n) is 4.53. The molecule has 0 fully saturated rings. The largest absolute Gasteiger partial charge is 0.459 e. The molecule has 0 atom stereocenters. The first-order chi connectivity index (χ1) is 13.4. The average Bonchev–Trinajstić information content (AvgIpc) is 3.21. The van der Waals surface area contributed by atoms with Gasteiger partial charge < -0.3 is 9.32 Å². The van der Waals surface area contributed by atoms with E-state index in [1.54, 1.807) is 47.4 Å². The quantitative estimate of drug-likeness (QED) is 0.686. The molecule has 0 radical (unpaired) electrons. The fourth-order valence-electron chi connectivity index (χ4n) is 3.25. The normalized spacial score (nSPS) is 13.8. The van der Waals surface area contributed by atoms with Gasteiger partial charge in [0.05, 0.1) is 11.2 Å². The van der Waals surface area contributed by atoms with Crippen LogP contribution >= 0.6 is 11.6 Å². The number of fused-ring (bicyclic) bond motifs is 1. The minimum Gasteiger partial charge on any atom is -0.459 e. The fourth-order valence-corrected chi connectivity index (χ4v) is 4.60. The number of amides is 1. The summed E-state index contributed by atoms with van der Waals surface area (Å²) >= 11 is 5.90. The zero-order valence-corrected chi connectivity index (χ0v) is 16.3. The van der Waals surface area contributed by atoms with E-state index >= 15 is 0 Å². The molecule has 1 amide bonds. The highest BCUT2D eigenvalue weighted by molar-refractivity contribution is 7.92. The van der Waals surface area contributed by atoms with E-state index in [1.807, 2.05) is 0 Å². The van der Waals surface area contributed by atoms with E-state index in [0.29, 0.717) is 17.3 Å². The number of furan rings is 1. The van der Waals surface area contributed by atoms with Crippen LogP contribution in [0.25, 0.3) is 0 Å². The van der Waals surface area contributed by atoms with Gasteiger partial charge >= 0.3 is 0 Å². The van der Waals surface area contributed by atoms with Gasteiger partial charge in [-0.05, 0) is 66.9 Å². The van der Waals surface area contributed by atoms with Crippen LogP contribution in [0, 0.1) is 0 Å². The Morgan fingerprint density at radius 1 is 1.11 bits per heavy atom. The van der Waals surface area contributed by atoms with Gasteiger partial charge in [-0.3, -0.25) is 9.52 Å². The molecular weight excluding hydrogens is 400 g/mol. The number of nitrogens with one attached hydrogen (secondary N) is 1. The number of aryl methyl sites for hydroxylation is 1.